The van der Waals surface area contributed by atoms with E-state index in [2.05, 4.69) is 62.0 Å². The lowest BCUT2D eigenvalue weighted by molar-refractivity contribution is -0.0170. The highest BCUT2D eigenvalue weighted by Crippen LogP contribution is 2.47. The van der Waals surface area contributed by atoms with Gasteiger partial charge in [-0.3, -0.25) is 4.98 Å². The molecular formula is C16H25N3. The van der Waals surface area contributed by atoms with Gasteiger partial charge in [-0.15, -0.1) is 0 Å². The monoisotopic (exact) mass is 259 g/mol. The number of nitrogens with one attached hydrogen (secondary N) is 1. The highest BCUT2D eigenvalue weighted by atomic mass is 15.3. The standard InChI is InChI=1S/C16H25N3/c1-11-6-13(7-12(2)18-11)19-9-16(10-19)8-17-14(16)15(3,4)5/h6-7,14,17H,8-10H2,1-5H3. The first-order chi connectivity index (χ1) is 8.80. The van der Waals surface area contributed by atoms with E-state index >= 15 is 0 Å². The van der Waals surface area contributed by atoms with Crippen LogP contribution in [-0.2, 0) is 0 Å². The molecule has 1 spiro atoms. The van der Waals surface area contributed by atoms with Crippen LogP contribution in [0.25, 0.3) is 0 Å². The second kappa shape index (κ2) is 3.95. The minimum atomic E-state index is 0.356. The highest BCUT2D eigenvalue weighted by molar-refractivity contribution is 5.52. The summed E-state index contributed by atoms with van der Waals surface area (Å²) in [7, 11) is 0. The van der Waals surface area contributed by atoms with Gasteiger partial charge in [-0.2, -0.15) is 0 Å². The maximum Gasteiger partial charge on any atom is 0.0402 e. The van der Waals surface area contributed by atoms with Crippen LogP contribution in [0.4, 0.5) is 5.69 Å². The molecule has 0 aliphatic carbocycles. The van der Waals surface area contributed by atoms with Gasteiger partial charge in [0.05, 0.1) is 0 Å². The van der Waals surface area contributed by atoms with Crippen molar-refractivity contribution in [3.63, 3.8) is 0 Å². The van der Waals surface area contributed by atoms with Gasteiger partial charge in [0.25, 0.3) is 0 Å². The molecule has 2 aliphatic rings. The number of hydrogen-bond acceptors (Lipinski definition) is 3. The Bertz CT molecular complexity index is 475. The summed E-state index contributed by atoms with van der Waals surface area (Å²) in [5, 5.41) is 3.63. The van der Waals surface area contributed by atoms with Gasteiger partial charge in [-0.25, -0.2) is 0 Å². The number of hydrogen-bond donors (Lipinski definition) is 1. The van der Waals surface area contributed by atoms with E-state index in [0.717, 1.165) is 11.4 Å². The zero-order valence-corrected chi connectivity index (χ0v) is 12.7. The van der Waals surface area contributed by atoms with Crippen molar-refractivity contribution in [2.45, 2.75) is 40.7 Å². The van der Waals surface area contributed by atoms with Crippen LogP contribution in [0.2, 0.25) is 0 Å². The fraction of sp³-hybridized carbons (Fsp3) is 0.688. The Labute approximate surface area is 116 Å². The summed E-state index contributed by atoms with van der Waals surface area (Å²) in [6.07, 6.45) is 0. The fourth-order valence-corrected chi connectivity index (χ4v) is 3.90. The molecule has 3 heterocycles. The van der Waals surface area contributed by atoms with E-state index in [4.69, 9.17) is 0 Å². The molecule has 1 aromatic rings. The Kier molecular flexibility index (Phi) is 2.69. The second-order valence-corrected chi connectivity index (χ2v) is 7.51. The summed E-state index contributed by atoms with van der Waals surface area (Å²) < 4.78 is 0. The lowest BCUT2D eigenvalue weighted by Gasteiger charge is -2.65. The van der Waals surface area contributed by atoms with Gasteiger partial charge in [0.2, 0.25) is 0 Å². The van der Waals surface area contributed by atoms with Crippen LogP contribution < -0.4 is 10.2 Å². The lowest BCUT2D eigenvalue weighted by Crippen LogP contribution is -2.79. The summed E-state index contributed by atoms with van der Waals surface area (Å²) in [5.74, 6) is 0. The Hall–Kier alpha value is -1.09. The number of aromatic nitrogens is 1. The smallest absolute Gasteiger partial charge is 0.0402 e. The van der Waals surface area contributed by atoms with Gasteiger partial charge < -0.3 is 10.2 Å². The molecule has 0 amide bonds. The molecule has 1 aromatic heterocycles. The van der Waals surface area contributed by atoms with Crippen molar-refractivity contribution in [1.29, 1.82) is 0 Å². The van der Waals surface area contributed by atoms with Gasteiger partial charge in [0.15, 0.2) is 0 Å². The summed E-state index contributed by atoms with van der Waals surface area (Å²) in [4.78, 5) is 6.96. The molecule has 0 aromatic carbocycles. The Balaban J connectivity index is 1.73. The minimum Gasteiger partial charge on any atom is -0.370 e. The number of nitrogens with zero attached hydrogens (tertiary/aromatic N) is 2. The first-order valence-corrected chi connectivity index (χ1v) is 7.24. The first-order valence-electron chi connectivity index (χ1n) is 7.24. The van der Waals surface area contributed by atoms with Crippen molar-refractivity contribution < 1.29 is 0 Å². The van der Waals surface area contributed by atoms with E-state index in [1.807, 2.05) is 0 Å². The van der Waals surface area contributed by atoms with Gasteiger partial charge in [-0.05, 0) is 31.4 Å². The summed E-state index contributed by atoms with van der Waals surface area (Å²) in [5.41, 5.74) is 4.44. The van der Waals surface area contributed by atoms with Gasteiger partial charge in [0, 0.05) is 48.2 Å². The van der Waals surface area contributed by atoms with Crippen molar-refractivity contribution in [3.05, 3.63) is 23.5 Å². The molecule has 104 valence electrons. The average Bonchev–Trinajstić information content (AvgIpc) is 2.08. The number of rotatable bonds is 1. The second-order valence-electron chi connectivity index (χ2n) is 7.51. The van der Waals surface area contributed by atoms with Crippen molar-refractivity contribution in [1.82, 2.24) is 10.3 Å². The van der Waals surface area contributed by atoms with Crippen LogP contribution in [0, 0.1) is 24.7 Å². The molecule has 19 heavy (non-hydrogen) atoms. The maximum atomic E-state index is 4.46. The summed E-state index contributed by atoms with van der Waals surface area (Å²) in [6, 6.07) is 5.07. The van der Waals surface area contributed by atoms with Crippen molar-refractivity contribution >= 4 is 5.69 Å². The summed E-state index contributed by atoms with van der Waals surface area (Å²) in [6.45, 7) is 14.7. The molecule has 3 heteroatoms. The van der Waals surface area contributed by atoms with E-state index in [-0.39, 0.29) is 0 Å². The van der Waals surface area contributed by atoms with E-state index in [0.29, 0.717) is 16.9 Å². The fourth-order valence-electron chi connectivity index (χ4n) is 3.90. The van der Waals surface area contributed by atoms with Gasteiger partial charge >= 0.3 is 0 Å². The molecule has 1 N–H and O–H groups in total. The topological polar surface area (TPSA) is 28.2 Å². The maximum absolute atomic E-state index is 4.46. The molecular weight excluding hydrogens is 234 g/mol. The van der Waals surface area contributed by atoms with Crippen LogP contribution in [0.1, 0.15) is 32.2 Å². The predicted molar refractivity (Wildman–Crippen MR) is 79.6 cm³/mol. The third-order valence-electron chi connectivity index (χ3n) is 4.58. The Morgan fingerprint density at radius 2 is 1.79 bits per heavy atom. The number of pyridine rings is 1. The van der Waals surface area contributed by atoms with Crippen LogP contribution in [0.15, 0.2) is 12.1 Å². The minimum absolute atomic E-state index is 0.356. The largest absolute Gasteiger partial charge is 0.370 e. The molecule has 2 aliphatic heterocycles. The van der Waals surface area contributed by atoms with Crippen LogP contribution in [-0.4, -0.2) is 30.7 Å². The third kappa shape index (κ3) is 2.04. The normalized spacial score (nSPS) is 25.1. The van der Waals surface area contributed by atoms with E-state index in [9.17, 15) is 0 Å². The Morgan fingerprint density at radius 3 is 2.21 bits per heavy atom. The quantitative estimate of drug-likeness (QED) is 0.840. The number of anilines is 1. The zero-order chi connectivity index (χ0) is 13.8. The first kappa shape index (κ1) is 12.9. The zero-order valence-electron chi connectivity index (χ0n) is 12.7. The molecule has 2 saturated heterocycles. The predicted octanol–water partition coefficient (Wildman–Crippen LogP) is 2.52. The van der Waals surface area contributed by atoms with Crippen molar-refractivity contribution in [2.24, 2.45) is 10.8 Å². The molecule has 3 rings (SSSR count). The van der Waals surface area contributed by atoms with Gasteiger partial charge in [-0.1, -0.05) is 20.8 Å². The van der Waals surface area contributed by atoms with Gasteiger partial charge in [0.1, 0.15) is 0 Å². The lowest BCUT2D eigenvalue weighted by atomic mass is 9.59. The molecule has 0 bridgehead atoms. The third-order valence-corrected chi connectivity index (χ3v) is 4.58. The van der Waals surface area contributed by atoms with Crippen molar-refractivity contribution in [2.75, 3.05) is 24.5 Å². The molecule has 1 unspecified atom stereocenters. The van der Waals surface area contributed by atoms with Crippen LogP contribution >= 0.6 is 0 Å². The highest BCUT2D eigenvalue weighted by Gasteiger charge is 2.58. The molecule has 1 atom stereocenters. The van der Waals surface area contributed by atoms with E-state index in [1.54, 1.807) is 0 Å². The van der Waals surface area contributed by atoms with E-state index < -0.39 is 0 Å². The van der Waals surface area contributed by atoms with Crippen LogP contribution in [0.5, 0.6) is 0 Å². The molecule has 2 fully saturated rings. The molecule has 3 nitrogen and oxygen atoms in total. The molecule has 0 saturated carbocycles. The number of aryl methyl sites for hydroxylation is 2. The Morgan fingerprint density at radius 1 is 1.21 bits per heavy atom. The summed E-state index contributed by atoms with van der Waals surface area (Å²) >= 11 is 0. The molecule has 0 radical (unpaired) electrons. The van der Waals surface area contributed by atoms with Crippen LogP contribution in [0.3, 0.4) is 0 Å². The average molecular weight is 259 g/mol. The SMILES string of the molecule is Cc1cc(N2CC3(CNC3C(C)(C)C)C2)cc(C)n1. The van der Waals surface area contributed by atoms with Crippen molar-refractivity contribution in [3.8, 4) is 0 Å². The van der Waals surface area contributed by atoms with E-state index in [1.165, 1.54) is 25.3 Å².